The molecule has 1 atom stereocenters. The summed E-state index contributed by atoms with van der Waals surface area (Å²) in [5.41, 5.74) is 1.000. The molecule has 2 rings (SSSR count). The summed E-state index contributed by atoms with van der Waals surface area (Å²) in [5, 5.41) is 14.6. The molecule has 0 spiro atoms. The number of hydrogen-bond acceptors (Lipinski definition) is 3. The van der Waals surface area contributed by atoms with Gasteiger partial charge >= 0.3 is 12.0 Å². The summed E-state index contributed by atoms with van der Waals surface area (Å²) in [4.78, 5) is 29.6. The molecule has 0 aliphatic carbocycles. The number of halogens is 2. The van der Waals surface area contributed by atoms with Gasteiger partial charge in [-0.25, -0.2) is 14.6 Å². The first-order valence-electron chi connectivity index (χ1n) is 6.18. The molecule has 22 heavy (non-hydrogen) atoms. The number of carbonyl (C=O) groups is 2. The van der Waals surface area contributed by atoms with Crippen molar-refractivity contribution >= 4 is 40.9 Å². The highest BCUT2D eigenvalue weighted by Crippen LogP contribution is 2.24. The van der Waals surface area contributed by atoms with Gasteiger partial charge in [0.15, 0.2) is 0 Å². The molecular formula is C13H12Cl2N4O3. The Kier molecular flexibility index (Phi) is 5.24. The number of nitrogens with zero attached hydrogens (tertiary/aromatic N) is 1. The van der Waals surface area contributed by atoms with Gasteiger partial charge in [0.2, 0.25) is 0 Å². The normalized spacial score (nSPS) is 11.7. The van der Waals surface area contributed by atoms with Crippen molar-refractivity contribution in [3.63, 3.8) is 0 Å². The second-order valence-corrected chi connectivity index (χ2v) is 5.21. The number of amides is 2. The molecular weight excluding hydrogens is 331 g/mol. The molecule has 0 radical (unpaired) electrons. The van der Waals surface area contributed by atoms with Crippen molar-refractivity contribution in [3.05, 3.63) is 46.5 Å². The predicted molar refractivity (Wildman–Crippen MR) is 82.3 cm³/mol. The third-order valence-electron chi connectivity index (χ3n) is 2.76. The van der Waals surface area contributed by atoms with Crippen LogP contribution in [0, 0.1) is 0 Å². The number of aromatic nitrogens is 2. The lowest BCUT2D eigenvalue weighted by molar-refractivity contribution is -0.139. The fourth-order valence-electron chi connectivity index (χ4n) is 1.72. The Bertz CT molecular complexity index is 676. The molecule has 1 heterocycles. The lowest BCUT2D eigenvalue weighted by atomic mass is 10.2. The van der Waals surface area contributed by atoms with Gasteiger partial charge in [-0.05, 0) is 18.2 Å². The maximum absolute atomic E-state index is 11.9. The molecule has 116 valence electrons. The zero-order chi connectivity index (χ0) is 16.1. The maximum Gasteiger partial charge on any atom is 0.326 e. The van der Waals surface area contributed by atoms with E-state index < -0.39 is 18.0 Å². The molecule has 0 aliphatic rings. The van der Waals surface area contributed by atoms with Crippen LogP contribution in [0.25, 0.3) is 0 Å². The van der Waals surface area contributed by atoms with Crippen molar-refractivity contribution in [3.8, 4) is 0 Å². The van der Waals surface area contributed by atoms with Gasteiger partial charge in [0.1, 0.15) is 6.04 Å². The number of hydrogen-bond donors (Lipinski definition) is 4. The van der Waals surface area contributed by atoms with E-state index in [1.165, 1.54) is 24.7 Å². The quantitative estimate of drug-likeness (QED) is 0.669. The van der Waals surface area contributed by atoms with E-state index in [2.05, 4.69) is 20.6 Å². The lowest BCUT2D eigenvalue weighted by Gasteiger charge is -2.14. The van der Waals surface area contributed by atoms with Crippen molar-refractivity contribution in [1.82, 2.24) is 15.3 Å². The van der Waals surface area contributed by atoms with E-state index in [0.29, 0.717) is 16.4 Å². The minimum absolute atomic E-state index is 0.0874. The van der Waals surface area contributed by atoms with E-state index in [-0.39, 0.29) is 11.4 Å². The smallest absolute Gasteiger partial charge is 0.326 e. The van der Waals surface area contributed by atoms with E-state index >= 15 is 0 Å². The molecule has 4 N–H and O–H groups in total. The van der Waals surface area contributed by atoms with Crippen LogP contribution in [0.3, 0.4) is 0 Å². The zero-order valence-electron chi connectivity index (χ0n) is 11.1. The van der Waals surface area contributed by atoms with Gasteiger partial charge in [-0.3, -0.25) is 0 Å². The third kappa shape index (κ3) is 4.37. The summed E-state index contributed by atoms with van der Waals surface area (Å²) in [6.07, 6.45) is 3.02. The topological polar surface area (TPSA) is 107 Å². The van der Waals surface area contributed by atoms with Crippen molar-refractivity contribution in [2.75, 3.05) is 5.32 Å². The second kappa shape index (κ2) is 7.15. The van der Waals surface area contributed by atoms with Crippen LogP contribution in [0.2, 0.25) is 10.0 Å². The van der Waals surface area contributed by atoms with Crippen molar-refractivity contribution < 1.29 is 14.7 Å². The molecule has 1 aromatic heterocycles. The number of urea groups is 1. The van der Waals surface area contributed by atoms with Crippen LogP contribution in [0.4, 0.5) is 10.5 Å². The van der Waals surface area contributed by atoms with E-state index in [4.69, 9.17) is 28.3 Å². The molecule has 0 saturated heterocycles. The summed E-state index contributed by atoms with van der Waals surface area (Å²) < 4.78 is 0. The largest absolute Gasteiger partial charge is 0.480 e. The minimum Gasteiger partial charge on any atom is -0.480 e. The highest BCUT2D eigenvalue weighted by molar-refractivity contribution is 6.42. The number of carboxylic acid groups (broad SMARTS) is 1. The van der Waals surface area contributed by atoms with Crippen LogP contribution in [0.5, 0.6) is 0 Å². The number of carbonyl (C=O) groups excluding carboxylic acids is 1. The molecule has 2 aromatic rings. The van der Waals surface area contributed by atoms with Gasteiger partial charge in [0.25, 0.3) is 0 Å². The number of aliphatic carboxylic acids is 1. The summed E-state index contributed by atoms with van der Waals surface area (Å²) >= 11 is 11.6. The Hall–Kier alpha value is -2.25. The number of anilines is 1. The summed E-state index contributed by atoms with van der Waals surface area (Å²) in [7, 11) is 0. The first kappa shape index (κ1) is 16.1. The van der Waals surface area contributed by atoms with E-state index in [1.54, 1.807) is 6.07 Å². The number of rotatable bonds is 5. The van der Waals surface area contributed by atoms with Gasteiger partial charge in [0.05, 0.1) is 16.4 Å². The molecule has 0 saturated carbocycles. The van der Waals surface area contributed by atoms with Crippen LogP contribution < -0.4 is 10.6 Å². The van der Waals surface area contributed by atoms with Gasteiger partial charge in [-0.2, -0.15) is 0 Å². The Labute approximate surface area is 135 Å². The number of imidazole rings is 1. The SMILES string of the molecule is O=C(Nc1ccc(Cl)c(Cl)c1)N[C@@H](Cc1cnc[nH]1)C(=O)O. The Morgan fingerprint density at radius 3 is 2.68 bits per heavy atom. The van der Waals surface area contributed by atoms with Crippen molar-refractivity contribution in [1.29, 1.82) is 0 Å². The number of aromatic amines is 1. The first-order chi connectivity index (χ1) is 10.5. The first-order valence-corrected chi connectivity index (χ1v) is 6.94. The average Bonchev–Trinajstić information content (AvgIpc) is 2.95. The average molecular weight is 343 g/mol. The maximum atomic E-state index is 11.9. The highest BCUT2D eigenvalue weighted by atomic mass is 35.5. The molecule has 2 amide bonds. The summed E-state index contributed by atoms with van der Waals surface area (Å²) in [5.74, 6) is -1.15. The summed E-state index contributed by atoms with van der Waals surface area (Å²) in [6, 6.07) is 2.79. The number of nitrogens with one attached hydrogen (secondary N) is 3. The summed E-state index contributed by atoms with van der Waals surface area (Å²) in [6.45, 7) is 0. The van der Waals surface area contributed by atoms with Crippen LogP contribution in [0.15, 0.2) is 30.7 Å². The number of H-pyrrole nitrogens is 1. The van der Waals surface area contributed by atoms with Crippen molar-refractivity contribution in [2.45, 2.75) is 12.5 Å². The Morgan fingerprint density at radius 2 is 2.09 bits per heavy atom. The molecule has 0 aliphatic heterocycles. The van der Waals surface area contributed by atoms with Crippen LogP contribution >= 0.6 is 23.2 Å². The second-order valence-electron chi connectivity index (χ2n) is 4.40. The van der Waals surface area contributed by atoms with Crippen LogP contribution in [-0.2, 0) is 11.2 Å². The zero-order valence-corrected chi connectivity index (χ0v) is 12.6. The minimum atomic E-state index is -1.15. The molecule has 7 nitrogen and oxygen atoms in total. The van der Waals surface area contributed by atoms with Gasteiger partial charge in [-0.1, -0.05) is 23.2 Å². The molecule has 0 fully saturated rings. The van der Waals surface area contributed by atoms with E-state index in [1.807, 2.05) is 0 Å². The molecule has 0 bridgehead atoms. The predicted octanol–water partition coefficient (Wildman–Crippen LogP) is 2.53. The fourth-order valence-corrected chi connectivity index (χ4v) is 2.01. The molecule has 1 aromatic carbocycles. The van der Waals surface area contributed by atoms with Gasteiger partial charge in [-0.15, -0.1) is 0 Å². The van der Waals surface area contributed by atoms with Crippen LogP contribution in [-0.4, -0.2) is 33.1 Å². The van der Waals surface area contributed by atoms with Crippen molar-refractivity contribution in [2.24, 2.45) is 0 Å². The fraction of sp³-hybridized carbons (Fsp3) is 0.154. The molecule has 9 heteroatoms. The van der Waals surface area contributed by atoms with Crippen LogP contribution in [0.1, 0.15) is 5.69 Å². The van der Waals surface area contributed by atoms with Gasteiger partial charge < -0.3 is 20.7 Å². The van der Waals surface area contributed by atoms with E-state index in [0.717, 1.165) is 0 Å². The monoisotopic (exact) mass is 342 g/mol. The lowest BCUT2D eigenvalue weighted by Crippen LogP contribution is -2.44. The number of benzene rings is 1. The van der Waals surface area contributed by atoms with Gasteiger partial charge in [0, 0.05) is 24.0 Å². The molecule has 0 unspecified atom stereocenters. The highest BCUT2D eigenvalue weighted by Gasteiger charge is 2.21. The van der Waals surface area contributed by atoms with E-state index in [9.17, 15) is 9.59 Å². The Balaban J connectivity index is 1.98. The number of carboxylic acids is 1. The standard InChI is InChI=1S/C13H12Cl2N4O3/c14-9-2-1-7(3-10(9)15)18-13(22)19-11(12(20)21)4-8-5-16-6-17-8/h1-3,5-6,11H,4H2,(H,16,17)(H,20,21)(H2,18,19,22)/t11-/m0/s1. The Morgan fingerprint density at radius 1 is 1.32 bits per heavy atom. The third-order valence-corrected chi connectivity index (χ3v) is 3.50.